The average molecular weight is 276 g/mol. The third-order valence-corrected chi connectivity index (χ3v) is 5.05. The maximum atomic E-state index is 5.74. The second-order valence-electron chi connectivity index (χ2n) is 5.17. The maximum absolute atomic E-state index is 5.74. The third-order valence-electron chi connectivity index (χ3n) is 3.75. The molecule has 0 aliphatic heterocycles. The van der Waals surface area contributed by atoms with Crippen molar-refractivity contribution in [2.45, 2.75) is 38.1 Å². The molecule has 1 aliphatic rings. The summed E-state index contributed by atoms with van der Waals surface area (Å²) in [6, 6.07) is 4.36. The molecule has 2 heterocycles. The van der Waals surface area contributed by atoms with E-state index in [0.717, 1.165) is 5.69 Å². The van der Waals surface area contributed by atoms with E-state index >= 15 is 0 Å². The highest BCUT2D eigenvalue weighted by atomic mass is 32.1. The Morgan fingerprint density at radius 3 is 2.95 bits per heavy atom. The molecular formula is C14H20N4S. The quantitative estimate of drug-likeness (QED) is 0.514. The topological polar surface area (TPSA) is 55.9 Å². The van der Waals surface area contributed by atoms with Crippen LogP contribution in [0.25, 0.3) is 0 Å². The SMILES string of the molecule is Cn1ccc(C(NN)c2cc3c(s2)CCCCC3)n1. The highest BCUT2D eigenvalue weighted by Gasteiger charge is 2.20. The second kappa shape index (κ2) is 5.45. The van der Waals surface area contributed by atoms with Crippen molar-refractivity contribution in [3.05, 3.63) is 39.3 Å². The van der Waals surface area contributed by atoms with E-state index in [1.165, 1.54) is 42.5 Å². The van der Waals surface area contributed by atoms with Gasteiger partial charge < -0.3 is 0 Å². The molecule has 0 saturated heterocycles. The normalized spacial score (nSPS) is 16.9. The predicted molar refractivity (Wildman–Crippen MR) is 78.0 cm³/mol. The minimum atomic E-state index is 0.0122. The number of nitrogens with two attached hydrogens (primary N) is 1. The molecule has 2 aromatic heterocycles. The van der Waals surface area contributed by atoms with Crippen molar-refractivity contribution >= 4 is 11.3 Å². The molecule has 0 bridgehead atoms. The highest BCUT2D eigenvalue weighted by Crippen LogP contribution is 2.34. The Hall–Kier alpha value is -1.17. The minimum absolute atomic E-state index is 0.0122. The van der Waals surface area contributed by atoms with Gasteiger partial charge in [-0.15, -0.1) is 11.3 Å². The summed E-state index contributed by atoms with van der Waals surface area (Å²) in [5.41, 5.74) is 5.42. The molecule has 1 unspecified atom stereocenters. The van der Waals surface area contributed by atoms with Crippen molar-refractivity contribution in [1.82, 2.24) is 15.2 Å². The summed E-state index contributed by atoms with van der Waals surface area (Å²) in [7, 11) is 1.93. The van der Waals surface area contributed by atoms with Crippen molar-refractivity contribution in [2.24, 2.45) is 12.9 Å². The van der Waals surface area contributed by atoms with Crippen molar-refractivity contribution in [2.75, 3.05) is 0 Å². The smallest absolute Gasteiger partial charge is 0.0991 e. The molecule has 0 spiro atoms. The molecule has 0 saturated carbocycles. The van der Waals surface area contributed by atoms with Gasteiger partial charge in [0.2, 0.25) is 0 Å². The Balaban J connectivity index is 1.91. The molecule has 19 heavy (non-hydrogen) atoms. The number of aromatic nitrogens is 2. The van der Waals surface area contributed by atoms with Gasteiger partial charge in [-0.1, -0.05) is 6.42 Å². The van der Waals surface area contributed by atoms with Crippen LogP contribution < -0.4 is 11.3 Å². The van der Waals surface area contributed by atoms with Gasteiger partial charge in [0.05, 0.1) is 11.7 Å². The lowest BCUT2D eigenvalue weighted by Crippen LogP contribution is -2.28. The van der Waals surface area contributed by atoms with Crippen LogP contribution in [0.4, 0.5) is 0 Å². The summed E-state index contributed by atoms with van der Waals surface area (Å²) in [4.78, 5) is 2.83. The van der Waals surface area contributed by atoms with Crippen LogP contribution in [0, 0.1) is 0 Å². The molecule has 4 nitrogen and oxygen atoms in total. The first-order valence-electron chi connectivity index (χ1n) is 6.85. The van der Waals surface area contributed by atoms with E-state index in [4.69, 9.17) is 5.84 Å². The molecule has 0 amide bonds. The van der Waals surface area contributed by atoms with Crippen LogP contribution in [0.1, 0.15) is 46.3 Å². The molecule has 3 N–H and O–H groups in total. The molecule has 0 fully saturated rings. The standard InChI is InChI=1S/C14H20N4S/c1-18-8-7-11(17-18)14(16-15)13-9-10-5-3-2-4-6-12(10)19-13/h7-9,14,16H,2-6,15H2,1H3. The number of nitrogens with one attached hydrogen (secondary N) is 1. The van der Waals surface area contributed by atoms with Gasteiger partial charge >= 0.3 is 0 Å². The second-order valence-corrected chi connectivity index (χ2v) is 6.34. The number of fused-ring (bicyclic) bond motifs is 1. The first-order chi connectivity index (χ1) is 9.28. The Bertz CT molecular complexity index is 534. The Kier molecular flexibility index (Phi) is 3.68. The Labute approximate surface area is 117 Å². The fourth-order valence-electron chi connectivity index (χ4n) is 2.73. The van der Waals surface area contributed by atoms with Crippen LogP contribution >= 0.6 is 11.3 Å². The van der Waals surface area contributed by atoms with Crippen LogP contribution in [-0.4, -0.2) is 9.78 Å². The molecule has 2 aromatic rings. The average Bonchev–Trinajstić information content (AvgIpc) is 2.93. The molecule has 5 heteroatoms. The van der Waals surface area contributed by atoms with Gasteiger partial charge in [-0.2, -0.15) is 5.10 Å². The number of hydrazine groups is 1. The first-order valence-corrected chi connectivity index (χ1v) is 7.66. The maximum Gasteiger partial charge on any atom is 0.0991 e. The fourth-order valence-corrected chi connectivity index (χ4v) is 4.06. The van der Waals surface area contributed by atoms with E-state index in [1.54, 1.807) is 4.88 Å². The van der Waals surface area contributed by atoms with Gasteiger partial charge in [-0.3, -0.25) is 10.5 Å². The first kappa shape index (κ1) is 12.8. The summed E-state index contributed by atoms with van der Waals surface area (Å²) in [5, 5.41) is 4.46. The summed E-state index contributed by atoms with van der Waals surface area (Å²) in [6.45, 7) is 0. The van der Waals surface area contributed by atoms with E-state index in [1.807, 2.05) is 35.3 Å². The largest absolute Gasteiger partial charge is 0.275 e. The van der Waals surface area contributed by atoms with E-state index in [0.29, 0.717) is 0 Å². The number of rotatable bonds is 3. The van der Waals surface area contributed by atoms with Crippen molar-refractivity contribution < 1.29 is 0 Å². The number of hydrogen-bond acceptors (Lipinski definition) is 4. The van der Waals surface area contributed by atoms with E-state index in [9.17, 15) is 0 Å². The van der Waals surface area contributed by atoms with Crippen molar-refractivity contribution in [1.29, 1.82) is 0 Å². The molecule has 3 rings (SSSR count). The van der Waals surface area contributed by atoms with Crippen LogP contribution in [0.2, 0.25) is 0 Å². The zero-order chi connectivity index (χ0) is 13.2. The van der Waals surface area contributed by atoms with Gasteiger partial charge in [-0.25, -0.2) is 5.43 Å². The highest BCUT2D eigenvalue weighted by molar-refractivity contribution is 7.12. The lowest BCUT2D eigenvalue weighted by molar-refractivity contribution is 0.611. The number of aryl methyl sites for hydroxylation is 3. The summed E-state index contributed by atoms with van der Waals surface area (Å²) >= 11 is 1.89. The minimum Gasteiger partial charge on any atom is -0.275 e. The van der Waals surface area contributed by atoms with Crippen LogP contribution in [0.15, 0.2) is 18.3 Å². The van der Waals surface area contributed by atoms with Crippen LogP contribution in [0.3, 0.4) is 0 Å². The Morgan fingerprint density at radius 2 is 2.21 bits per heavy atom. The van der Waals surface area contributed by atoms with Crippen LogP contribution in [-0.2, 0) is 19.9 Å². The van der Waals surface area contributed by atoms with Gasteiger partial charge in [0, 0.05) is 23.0 Å². The van der Waals surface area contributed by atoms with E-state index in [2.05, 4.69) is 16.6 Å². The number of nitrogens with zero attached hydrogens (tertiary/aromatic N) is 2. The van der Waals surface area contributed by atoms with Crippen LogP contribution in [0.5, 0.6) is 0 Å². The summed E-state index contributed by atoms with van der Waals surface area (Å²) < 4.78 is 1.82. The summed E-state index contributed by atoms with van der Waals surface area (Å²) in [6.07, 6.45) is 8.38. The molecule has 0 radical (unpaired) electrons. The number of thiophene rings is 1. The monoisotopic (exact) mass is 276 g/mol. The lowest BCUT2D eigenvalue weighted by Gasteiger charge is -2.11. The third kappa shape index (κ3) is 2.59. The fraction of sp³-hybridized carbons (Fsp3) is 0.500. The molecular weight excluding hydrogens is 256 g/mol. The van der Waals surface area contributed by atoms with Crippen molar-refractivity contribution in [3.63, 3.8) is 0 Å². The zero-order valence-electron chi connectivity index (χ0n) is 11.2. The molecule has 0 aromatic carbocycles. The Morgan fingerprint density at radius 1 is 1.37 bits per heavy atom. The summed E-state index contributed by atoms with van der Waals surface area (Å²) in [5.74, 6) is 5.74. The van der Waals surface area contributed by atoms with E-state index < -0.39 is 0 Å². The predicted octanol–water partition coefficient (Wildman–Crippen LogP) is 2.30. The van der Waals surface area contributed by atoms with E-state index in [-0.39, 0.29) is 6.04 Å². The zero-order valence-corrected chi connectivity index (χ0v) is 12.0. The molecule has 1 aliphatic carbocycles. The van der Waals surface area contributed by atoms with Gasteiger partial charge in [0.1, 0.15) is 0 Å². The van der Waals surface area contributed by atoms with Gasteiger partial charge in [0.25, 0.3) is 0 Å². The van der Waals surface area contributed by atoms with Crippen molar-refractivity contribution in [3.8, 4) is 0 Å². The molecule has 1 atom stereocenters. The van der Waals surface area contributed by atoms with Gasteiger partial charge in [-0.05, 0) is 43.4 Å². The number of hydrogen-bond donors (Lipinski definition) is 2. The van der Waals surface area contributed by atoms with Gasteiger partial charge in [0.15, 0.2) is 0 Å². The lowest BCUT2D eigenvalue weighted by atomic mass is 10.1. The molecule has 102 valence electrons.